The number of halogens is 1. The number of aliphatic carboxylic acids is 1. The van der Waals surface area contributed by atoms with Crippen LogP contribution in [0.1, 0.15) is 44.6 Å². The highest BCUT2D eigenvalue weighted by molar-refractivity contribution is 5.85. The molecule has 1 N–H and O–H groups in total. The van der Waals surface area contributed by atoms with Gasteiger partial charge < -0.3 is 9.84 Å². The molecule has 1 fully saturated rings. The molecular formula is C17H21FO3. The zero-order chi connectivity index (χ0) is 15.2. The van der Waals surface area contributed by atoms with Gasteiger partial charge in [-0.05, 0) is 49.0 Å². The van der Waals surface area contributed by atoms with Crippen molar-refractivity contribution < 1.29 is 19.0 Å². The molecule has 0 bridgehead atoms. The number of benzene rings is 1. The molecule has 0 heterocycles. The zero-order valence-corrected chi connectivity index (χ0v) is 12.2. The third kappa shape index (κ3) is 4.59. The predicted octanol–water partition coefficient (Wildman–Crippen LogP) is 4.27. The fourth-order valence-corrected chi connectivity index (χ4v) is 2.78. The second-order valence-electron chi connectivity index (χ2n) is 5.54. The average molecular weight is 292 g/mol. The summed E-state index contributed by atoms with van der Waals surface area (Å²) in [5.74, 6) is -0.571. The van der Waals surface area contributed by atoms with Crippen molar-refractivity contribution >= 4 is 12.0 Å². The Balaban J connectivity index is 2.02. The molecule has 0 spiro atoms. The van der Waals surface area contributed by atoms with Crippen LogP contribution in [0.5, 0.6) is 5.75 Å². The van der Waals surface area contributed by atoms with Gasteiger partial charge in [0.15, 0.2) is 11.6 Å². The van der Waals surface area contributed by atoms with Gasteiger partial charge >= 0.3 is 5.97 Å². The van der Waals surface area contributed by atoms with Crippen LogP contribution in [0, 0.1) is 11.7 Å². The molecular weight excluding hydrogens is 271 g/mol. The summed E-state index contributed by atoms with van der Waals surface area (Å²) in [5, 5.41) is 8.56. The molecule has 1 aromatic rings. The topological polar surface area (TPSA) is 46.5 Å². The third-order valence-corrected chi connectivity index (χ3v) is 3.98. The number of hydrogen-bond donors (Lipinski definition) is 1. The first-order valence-electron chi connectivity index (χ1n) is 7.45. The molecule has 1 aliphatic rings. The van der Waals surface area contributed by atoms with Crippen molar-refractivity contribution in [2.24, 2.45) is 5.92 Å². The fraction of sp³-hybridized carbons (Fsp3) is 0.471. The molecule has 0 radical (unpaired) electrons. The van der Waals surface area contributed by atoms with Gasteiger partial charge in [-0.15, -0.1) is 0 Å². The van der Waals surface area contributed by atoms with Crippen molar-refractivity contribution in [2.45, 2.75) is 45.1 Å². The van der Waals surface area contributed by atoms with E-state index in [-0.39, 0.29) is 11.9 Å². The van der Waals surface area contributed by atoms with E-state index in [1.165, 1.54) is 18.6 Å². The van der Waals surface area contributed by atoms with Gasteiger partial charge in [0.2, 0.25) is 0 Å². The molecule has 0 aromatic heterocycles. The Morgan fingerprint density at radius 2 is 2.29 bits per heavy atom. The summed E-state index contributed by atoms with van der Waals surface area (Å²) >= 11 is 0. The summed E-state index contributed by atoms with van der Waals surface area (Å²) in [4.78, 5) is 10.4. The normalized spacial score (nSPS) is 22.4. The van der Waals surface area contributed by atoms with Crippen molar-refractivity contribution in [1.29, 1.82) is 0 Å². The molecule has 2 unspecified atom stereocenters. The maximum Gasteiger partial charge on any atom is 0.328 e. The minimum absolute atomic E-state index is 0.0820. The molecule has 0 saturated heterocycles. The first-order valence-corrected chi connectivity index (χ1v) is 7.45. The predicted molar refractivity (Wildman–Crippen MR) is 79.7 cm³/mol. The summed E-state index contributed by atoms with van der Waals surface area (Å²) in [5.41, 5.74) is 0.511. The fourth-order valence-electron chi connectivity index (χ4n) is 2.78. The van der Waals surface area contributed by atoms with Crippen LogP contribution in [0.3, 0.4) is 0 Å². The number of rotatable bonds is 5. The number of carboxylic acids is 1. The molecule has 2 atom stereocenters. The number of ether oxygens (including phenoxy) is 1. The molecule has 114 valence electrons. The molecule has 1 saturated carbocycles. The van der Waals surface area contributed by atoms with E-state index in [0.717, 1.165) is 31.8 Å². The van der Waals surface area contributed by atoms with Gasteiger partial charge in [-0.1, -0.05) is 25.8 Å². The SMILES string of the molecule is CCC1CCCC(Oc2ccc(/C=C/C(=O)O)cc2F)C1. The first-order chi connectivity index (χ1) is 10.1. The van der Waals surface area contributed by atoms with Crippen molar-refractivity contribution in [3.63, 3.8) is 0 Å². The van der Waals surface area contributed by atoms with E-state index in [4.69, 9.17) is 9.84 Å². The van der Waals surface area contributed by atoms with Crippen LogP contribution in [0.4, 0.5) is 4.39 Å². The Bertz CT molecular complexity index is 525. The van der Waals surface area contributed by atoms with Crippen LogP contribution in [0.2, 0.25) is 0 Å². The Morgan fingerprint density at radius 1 is 1.48 bits per heavy atom. The molecule has 21 heavy (non-hydrogen) atoms. The Hall–Kier alpha value is -1.84. The van der Waals surface area contributed by atoms with E-state index < -0.39 is 11.8 Å². The maximum atomic E-state index is 14.0. The minimum atomic E-state index is -1.05. The van der Waals surface area contributed by atoms with Crippen molar-refractivity contribution in [2.75, 3.05) is 0 Å². The van der Waals surface area contributed by atoms with E-state index in [9.17, 15) is 9.18 Å². The van der Waals surface area contributed by atoms with Crippen LogP contribution in [-0.2, 0) is 4.79 Å². The summed E-state index contributed by atoms with van der Waals surface area (Å²) in [6, 6.07) is 4.54. The van der Waals surface area contributed by atoms with Gasteiger partial charge in [0.1, 0.15) is 0 Å². The second-order valence-corrected chi connectivity index (χ2v) is 5.54. The lowest BCUT2D eigenvalue weighted by molar-refractivity contribution is -0.131. The van der Waals surface area contributed by atoms with Crippen molar-refractivity contribution in [3.8, 4) is 5.75 Å². The summed E-state index contributed by atoms with van der Waals surface area (Å²) in [7, 11) is 0. The van der Waals surface area contributed by atoms with Crippen LogP contribution in [0.15, 0.2) is 24.3 Å². The van der Waals surface area contributed by atoms with Crippen LogP contribution in [-0.4, -0.2) is 17.2 Å². The maximum absolute atomic E-state index is 14.0. The van der Waals surface area contributed by atoms with Crippen molar-refractivity contribution in [1.82, 2.24) is 0 Å². The quantitative estimate of drug-likeness (QED) is 0.824. The average Bonchev–Trinajstić information content (AvgIpc) is 2.48. The zero-order valence-electron chi connectivity index (χ0n) is 12.2. The van der Waals surface area contributed by atoms with Crippen LogP contribution >= 0.6 is 0 Å². The van der Waals surface area contributed by atoms with Gasteiger partial charge in [-0.25, -0.2) is 9.18 Å². The van der Waals surface area contributed by atoms with Gasteiger partial charge in [0.25, 0.3) is 0 Å². The molecule has 3 nitrogen and oxygen atoms in total. The minimum Gasteiger partial charge on any atom is -0.487 e. The van der Waals surface area contributed by atoms with E-state index in [0.29, 0.717) is 11.5 Å². The molecule has 0 amide bonds. The molecule has 1 aromatic carbocycles. The molecule has 0 aliphatic heterocycles. The summed E-state index contributed by atoms with van der Waals surface area (Å²) < 4.78 is 19.8. The van der Waals surface area contributed by atoms with Crippen molar-refractivity contribution in [3.05, 3.63) is 35.7 Å². The van der Waals surface area contributed by atoms with E-state index in [1.807, 2.05) is 0 Å². The van der Waals surface area contributed by atoms with Gasteiger partial charge in [-0.3, -0.25) is 0 Å². The molecule has 2 rings (SSSR count). The Kier molecular flexibility index (Phi) is 5.37. The number of hydrogen-bond acceptors (Lipinski definition) is 2. The Labute approximate surface area is 124 Å². The lowest BCUT2D eigenvalue weighted by atomic mass is 9.85. The standard InChI is InChI=1S/C17H21FO3/c1-2-12-4-3-5-14(10-12)21-16-8-6-13(11-15(16)18)7-9-17(19)20/h6-9,11-12,14H,2-5,10H2,1H3,(H,19,20)/b9-7+. The van der Waals surface area contributed by atoms with E-state index in [1.54, 1.807) is 12.1 Å². The second kappa shape index (κ2) is 7.25. The summed E-state index contributed by atoms with van der Waals surface area (Å²) in [6.07, 6.45) is 7.89. The largest absolute Gasteiger partial charge is 0.487 e. The third-order valence-electron chi connectivity index (χ3n) is 3.98. The number of carbonyl (C=O) groups is 1. The molecule has 4 heteroatoms. The summed E-state index contributed by atoms with van der Waals surface area (Å²) in [6.45, 7) is 2.18. The highest BCUT2D eigenvalue weighted by atomic mass is 19.1. The lowest BCUT2D eigenvalue weighted by Gasteiger charge is -2.29. The molecule has 1 aliphatic carbocycles. The first kappa shape index (κ1) is 15.5. The lowest BCUT2D eigenvalue weighted by Crippen LogP contribution is -2.25. The van der Waals surface area contributed by atoms with Gasteiger partial charge in [0, 0.05) is 6.08 Å². The van der Waals surface area contributed by atoms with Crippen LogP contribution < -0.4 is 4.74 Å². The smallest absolute Gasteiger partial charge is 0.328 e. The highest BCUT2D eigenvalue weighted by Crippen LogP contribution is 2.30. The van der Waals surface area contributed by atoms with E-state index in [2.05, 4.69) is 6.92 Å². The van der Waals surface area contributed by atoms with Gasteiger partial charge in [-0.2, -0.15) is 0 Å². The highest BCUT2D eigenvalue weighted by Gasteiger charge is 2.22. The van der Waals surface area contributed by atoms with Crippen LogP contribution in [0.25, 0.3) is 6.08 Å². The number of carboxylic acid groups (broad SMARTS) is 1. The monoisotopic (exact) mass is 292 g/mol. The Morgan fingerprint density at radius 3 is 2.95 bits per heavy atom. The van der Waals surface area contributed by atoms with Gasteiger partial charge in [0.05, 0.1) is 6.10 Å². The van der Waals surface area contributed by atoms with E-state index >= 15 is 0 Å².